The van der Waals surface area contributed by atoms with Crippen LogP contribution in [-0.2, 0) is 0 Å². The van der Waals surface area contributed by atoms with E-state index in [4.69, 9.17) is 10.5 Å². The lowest BCUT2D eigenvalue weighted by atomic mass is 9.99. The Labute approximate surface area is 101 Å². The zero-order valence-electron chi connectivity index (χ0n) is 9.19. The Kier molecular flexibility index (Phi) is 3.22. The third kappa shape index (κ3) is 2.99. The summed E-state index contributed by atoms with van der Waals surface area (Å²) in [7, 11) is 0. The number of halogens is 3. The Morgan fingerprint density at radius 3 is 2.56 bits per heavy atom. The van der Waals surface area contributed by atoms with Crippen LogP contribution >= 0.6 is 0 Å². The number of nitrogen functional groups attached to an aromatic ring is 1. The molecular formula is C11H10F3N3O. The van der Waals surface area contributed by atoms with Gasteiger partial charge in [0.2, 0.25) is 0 Å². The maximum Gasteiger partial charge on any atom is 0.395 e. The molecule has 0 spiro atoms. The number of allylic oxidation sites excluding steroid dienone is 3. The minimum absolute atomic E-state index is 0.0390. The highest BCUT2D eigenvalue weighted by molar-refractivity contribution is 5.31. The van der Waals surface area contributed by atoms with Gasteiger partial charge in [0.1, 0.15) is 5.76 Å². The van der Waals surface area contributed by atoms with Crippen molar-refractivity contribution in [3.8, 4) is 6.01 Å². The second-order valence-corrected chi connectivity index (χ2v) is 3.76. The van der Waals surface area contributed by atoms with Gasteiger partial charge in [-0.15, -0.1) is 0 Å². The molecule has 0 saturated heterocycles. The number of hydrogen-bond acceptors (Lipinski definition) is 4. The van der Waals surface area contributed by atoms with Gasteiger partial charge in [0.05, 0.1) is 24.0 Å². The first-order chi connectivity index (χ1) is 8.45. The van der Waals surface area contributed by atoms with E-state index in [9.17, 15) is 13.2 Å². The number of ether oxygens (including phenoxy) is 1. The fraction of sp³-hybridized carbons (Fsp3) is 0.273. The summed E-state index contributed by atoms with van der Waals surface area (Å²) >= 11 is 0. The van der Waals surface area contributed by atoms with E-state index in [1.54, 1.807) is 0 Å². The molecule has 1 aromatic rings. The van der Waals surface area contributed by atoms with E-state index in [1.807, 2.05) is 0 Å². The molecule has 18 heavy (non-hydrogen) atoms. The number of aromatic nitrogens is 2. The Balaban J connectivity index is 2.11. The van der Waals surface area contributed by atoms with E-state index in [2.05, 4.69) is 9.97 Å². The van der Waals surface area contributed by atoms with Crippen LogP contribution in [0.1, 0.15) is 6.42 Å². The highest BCUT2D eigenvalue weighted by Gasteiger charge is 2.38. The van der Waals surface area contributed by atoms with Crippen molar-refractivity contribution in [1.29, 1.82) is 0 Å². The molecule has 7 heteroatoms. The monoisotopic (exact) mass is 257 g/mol. The number of anilines is 1. The van der Waals surface area contributed by atoms with Gasteiger partial charge >= 0.3 is 12.2 Å². The molecular weight excluding hydrogens is 247 g/mol. The van der Waals surface area contributed by atoms with Gasteiger partial charge in [-0.1, -0.05) is 6.08 Å². The van der Waals surface area contributed by atoms with Crippen LogP contribution in [0.5, 0.6) is 6.01 Å². The Bertz CT molecular complexity index is 479. The molecule has 1 aromatic heterocycles. The number of nitrogens with zero attached hydrogens (tertiary/aromatic N) is 2. The first-order valence-electron chi connectivity index (χ1n) is 5.15. The van der Waals surface area contributed by atoms with Crippen LogP contribution in [0.2, 0.25) is 0 Å². The van der Waals surface area contributed by atoms with E-state index in [0.717, 1.165) is 6.08 Å². The largest absolute Gasteiger partial charge is 0.425 e. The van der Waals surface area contributed by atoms with Crippen molar-refractivity contribution in [3.05, 3.63) is 36.4 Å². The fourth-order valence-corrected chi connectivity index (χ4v) is 1.43. The van der Waals surface area contributed by atoms with Gasteiger partial charge in [0.25, 0.3) is 0 Å². The molecule has 96 valence electrons. The summed E-state index contributed by atoms with van der Waals surface area (Å²) in [6.07, 6.45) is 2.15. The molecule has 0 aromatic carbocycles. The van der Waals surface area contributed by atoms with Crippen molar-refractivity contribution in [3.63, 3.8) is 0 Å². The molecule has 2 N–H and O–H groups in total. The first kappa shape index (κ1) is 12.4. The summed E-state index contributed by atoms with van der Waals surface area (Å²) in [5, 5.41) is 0. The minimum atomic E-state index is -4.28. The zero-order chi connectivity index (χ0) is 13.2. The van der Waals surface area contributed by atoms with Gasteiger partial charge in [-0.25, -0.2) is 9.97 Å². The summed E-state index contributed by atoms with van der Waals surface area (Å²) in [5.41, 5.74) is 5.73. The maximum absolute atomic E-state index is 12.5. The molecule has 1 aliphatic rings. The van der Waals surface area contributed by atoms with E-state index in [-0.39, 0.29) is 18.2 Å². The van der Waals surface area contributed by atoms with Crippen LogP contribution in [-0.4, -0.2) is 16.1 Å². The number of rotatable bonds is 2. The van der Waals surface area contributed by atoms with E-state index >= 15 is 0 Å². The summed E-state index contributed by atoms with van der Waals surface area (Å²) in [6, 6.07) is -0.0390. The molecule has 0 unspecified atom stereocenters. The van der Waals surface area contributed by atoms with Gasteiger partial charge in [-0.2, -0.15) is 13.2 Å². The van der Waals surface area contributed by atoms with E-state index < -0.39 is 12.1 Å². The third-order valence-corrected chi connectivity index (χ3v) is 2.32. The van der Waals surface area contributed by atoms with E-state index in [1.165, 1.54) is 24.5 Å². The summed E-state index contributed by atoms with van der Waals surface area (Å²) in [4.78, 5) is 7.49. The summed E-state index contributed by atoms with van der Waals surface area (Å²) < 4.78 is 42.7. The van der Waals surface area contributed by atoms with Gasteiger partial charge in [0.15, 0.2) is 0 Å². The first-order valence-corrected chi connectivity index (χ1v) is 5.15. The summed E-state index contributed by atoms with van der Waals surface area (Å²) in [6.45, 7) is 0. The molecule has 4 nitrogen and oxygen atoms in total. The average Bonchev–Trinajstić information content (AvgIpc) is 2.31. The number of hydrogen-bond donors (Lipinski definition) is 1. The normalized spacial score (nSPS) is 19.5. The van der Waals surface area contributed by atoms with Crippen LogP contribution in [0, 0.1) is 5.92 Å². The van der Waals surface area contributed by atoms with Crippen molar-refractivity contribution >= 4 is 5.69 Å². The van der Waals surface area contributed by atoms with Crippen LogP contribution in [0.4, 0.5) is 18.9 Å². The molecule has 0 saturated carbocycles. The molecule has 0 bridgehead atoms. The standard InChI is InChI=1S/C11H10F3N3O/c12-11(13,14)7-2-1-3-9(4-7)18-10-16-5-8(15)6-17-10/h1,3-7H,2,15H2/t7-/m1/s1. The molecule has 2 rings (SSSR count). The quantitative estimate of drug-likeness (QED) is 0.884. The molecule has 1 aliphatic carbocycles. The molecule has 0 amide bonds. The zero-order valence-corrected chi connectivity index (χ0v) is 9.19. The Morgan fingerprint density at radius 1 is 1.28 bits per heavy atom. The lowest BCUT2D eigenvalue weighted by Gasteiger charge is -2.19. The van der Waals surface area contributed by atoms with Gasteiger partial charge < -0.3 is 10.5 Å². The summed E-state index contributed by atoms with van der Waals surface area (Å²) in [5.74, 6) is -1.46. The van der Waals surface area contributed by atoms with Gasteiger partial charge in [-0.3, -0.25) is 0 Å². The SMILES string of the molecule is Nc1cnc(OC2=C[C@H](C(F)(F)F)CC=C2)nc1. The predicted molar refractivity (Wildman–Crippen MR) is 58.5 cm³/mol. The predicted octanol–water partition coefficient (Wildman–Crippen LogP) is 2.46. The third-order valence-electron chi connectivity index (χ3n) is 2.32. The smallest absolute Gasteiger partial charge is 0.395 e. The second-order valence-electron chi connectivity index (χ2n) is 3.76. The second kappa shape index (κ2) is 4.67. The highest BCUT2D eigenvalue weighted by Crippen LogP contribution is 2.33. The Morgan fingerprint density at radius 2 is 1.94 bits per heavy atom. The molecule has 0 radical (unpaired) electrons. The lowest BCUT2D eigenvalue weighted by Crippen LogP contribution is -2.22. The lowest BCUT2D eigenvalue weighted by molar-refractivity contribution is -0.160. The molecule has 0 fully saturated rings. The van der Waals surface area contributed by atoms with Crippen molar-refractivity contribution in [2.24, 2.45) is 5.92 Å². The highest BCUT2D eigenvalue weighted by atomic mass is 19.4. The van der Waals surface area contributed by atoms with E-state index in [0.29, 0.717) is 5.69 Å². The maximum atomic E-state index is 12.5. The van der Waals surface area contributed by atoms with Gasteiger partial charge in [-0.05, 0) is 18.6 Å². The van der Waals surface area contributed by atoms with Crippen molar-refractivity contribution in [1.82, 2.24) is 9.97 Å². The molecule has 0 aliphatic heterocycles. The average molecular weight is 257 g/mol. The molecule has 1 heterocycles. The van der Waals surface area contributed by atoms with Crippen LogP contribution < -0.4 is 10.5 Å². The van der Waals surface area contributed by atoms with Crippen LogP contribution in [0.25, 0.3) is 0 Å². The topological polar surface area (TPSA) is 61.0 Å². The van der Waals surface area contributed by atoms with Crippen LogP contribution in [0.15, 0.2) is 36.4 Å². The van der Waals surface area contributed by atoms with Crippen LogP contribution in [0.3, 0.4) is 0 Å². The number of nitrogens with two attached hydrogens (primary N) is 1. The van der Waals surface area contributed by atoms with Crippen molar-refractivity contribution in [2.75, 3.05) is 5.73 Å². The fourth-order valence-electron chi connectivity index (χ4n) is 1.43. The molecule has 1 atom stereocenters. The van der Waals surface area contributed by atoms with Crippen molar-refractivity contribution in [2.45, 2.75) is 12.6 Å². The van der Waals surface area contributed by atoms with Crippen molar-refractivity contribution < 1.29 is 17.9 Å². The Hall–Kier alpha value is -2.05. The van der Waals surface area contributed by atoms with Gasteiger partial charge in [0, 0.05) is 0 Å². The number of alkyl halides is 3. The minimum Gasteiger partial charge on any atom is -0.425 e.